The second-order valence-corrected chi connectivity index (χ2v) is 9.39. The molecule has 0 radical (unpaired) electrons. The maximum Gasteiger partial charge on any atom is 0.275 e. The fourth-order valence-corrected chi connectivity index (χ4v) is 5.13. The first-order chi connectivity index (χ1) is 18.0. The van der Waals surface area contributed by atoms with Gasteiger partial charge in [-0.3, -0.25) is 14.6 Å². The first-order valence-electron chi connectivity index (χ1n) is 12.8. The first kappa shape index (κ1) is 26.7. The number of hydrogen-bond donors (Lipinski definition) is 1. The number of ether oxygens (including phenoxy) is 4. The summed E-state index contributed by atoms with van der Waals surface area (Å²) in [6.07, 6.45) is 11.0. The van der Waals surface area contributed by atoms with Gasteiger partial charge < -0.3 is 29.2 Å². The van der Waals surface area contributed by atoms with Crippen molar-refractivity contribution in [3.05, 3.63) is 42.0 Å². The van der Waals surface area contributed by atoms with Gasteiger partial charge in [0.25, 0.3) is 5.91 Å². The molecule has 10 nitrogen and oxygen atoms in total. The smallest absolute Gasteiger partial charge is 0.275 e. The number of benzene rings is 1. The monoisotopic (exact) mass is 512 g/mol. The van der Waals surface area contributed by atoms with E-state index in [4.69, 9.17) is 18.9 Å². The maximum atomic E-state index is 14.0. The quantitative estimate of drug-likeness (QED) is 0.516. The molecule has 1 aliphatic carbocycles. The van der Waals surface area contributed by atoms with Crippen LogP contribution >= 0.6 is 0 Å². The minimum absolute atomic E-state index is 0.0574. The van der Waals surface area contributed by atoms with Gasteiger partial charge in [-0.25, -0.2) is 4.98 Å². The predicted molar refractivity (Wildman–Crippen MR) is 136 cm³/mol. The van der Waals surface area contributed by atoms with E-state index in [-0.39, 0.29) is 30.3 Å². The van der Waals surface area contributed by atoms with Gasteiger partial charge in [-0.15, -0.1) is 0 Å². The summed E-state index contributed by atoms with van der Waals surface area (Å²) in [5.41, 5.74) is 0.696. The van der Waals surface area contributed by atoms with Crippen LogP contribution in [0.4, 0.5) is 0 Å². The number of nitrogens with zero attached hydrogens (tertiary/aromatic N) is 3. The molecule has 10 heteroatoms. The zero-order valence-corrected chi connectivity index (χ0v) is 21.8. The lowest BCUT2D eigenvalue weighted by molar-refractivity contribution is -0.127. The number of rotatable bonds is 10. The van der Waals surface area contributed by atoms with Gasteiger partial charge in [-0.2, -0.15) is 0 Å². The molecule has 1 saturated carbocycles. The molecule has 4 rings (SSSR count). The Morgan fingerprint density at radius 3 is 2.32 bits per heavy atom. The lowest BCUT2D eigenvalue weighted by atomic mass is 9.94. The summed E-state index contributed by atoms with van der Waals surface area (Å²) in [7, 11) is 4.56. The number of hydrogen-bond acceptors (Lipinski definition) is 8. The van der Waals surface area contributed by atoms with Crippen LogP contribution in [0.3, 0.4) is 0 Å². The molecule has 1 saturated heterocycles. The Morgan fingerprint density at radius 1 is 1.03 bits per heavy atom. The van der Waals surface area contributed by atoms with Crippen LogP contribution in [-0.4, -0.2) is 73.3 Å². The van der Waals surface area contributed by atoms with Crippen molar-refractivity contribution < 1.29 is 28.5 Å². The summed E-state index contributed by atoms with van der Waals surface area (Å²) in [5, 5.41) is 3.21. The molecule has 1 N–H and O–H groups in total. The number of carbonyl (C=O) groups is 2. The molecular formula is C27H36N4O6. The average molecular weight is 513 g/mol. The predicted octanol–water partition coefficient (Wildman–Crippen LogP) is 3.31. The molecule has 2 atom stereocenters. The van der Waals surface area contributed by atoms with Gasteiger partial charge in [0.15, 0.2) is 11.5 Å². The van der Waals surface area contributed by atoms with E-state index in [0.29, 0.717) is 29.4 Å². The van der Waals surface area contributed by atoms with Gasteiger partial charge in [0.05, 0.1) is 33.6 Å². The fraction of sp³-hybridized carbons (Fsp3) is 0.556. The molecule has 0 spiro atoms. The van der Waals surface area contributed by atoms with Gasteiger partial charge in [-0.1, -0.05) is 19.3 Å². The molecule has 2 heterocycles. The summed E-state index contributed by atoms with van der Waals surface area (Å²) in [5.74, 6) is 0.538. The standard InChI is InChI=1S/C27H36N4O6/c1-34-22-14-18(15-23(35-2)25(22)36-3)24(26(32)30-19-8-5-4-6-9-19)31(17-20-10-7-13-37-20)27(33)21-16-28-11-12-29-21/h11-12,14-16,19-20,24H,4-10,13,17H2,1-3H3,(H,30,32)/t20-,24-/m1/s1. The molecule has 1 aliphatic heterocycles. The van der Waals surface area contributed by atoms with Crippen molar-refractivity contribution in [3.63, 3.8) is 0 Å². The normalized spacial score (nSPS) is 18.6. The minimum Gasteiger partial charge on any atom is -0.493 e. The van der Waals surface area contributed by atoms with Crippen LogP contribution in [0.5, 0.6) is 17.2 Å². The van der Waals surface area contributed by atoms with E-state index < -0.39 is 11.9 Å². The van der Waals surface area contributed by atoms with Crippen molar-refractivity contribution in [2.24, 2.45) is 0 Å². The summed E-state index contributed by atoms with van der Waals surface area (Å²) in [6.45, 7) is 0.857. The Bertz CT molecular complexity index is 1030. The highest BCUT2D eigenvalue weighted by Gasteiger charge is 2.37. The second kappa shape index (κ2) is 12.7. The molecule has 2 aliphatic rings. The molecule has 200 valence electrons. The van der Waals surface area contributed by atoms with E-state index in [9.17, 15) is 9.59 Å². The van der Waals surface area contributed by atoms with E-state index in [1.54, 1.807) is 17.0 Å². The number of methoxy groups -OCH3 is 3. The molecule has 1 aromatic carbocycles. The lowest BCUT2D eigenvalue weighted by Gasteiger charge is -2.34. The van der Waals surface area contributed by atoms with E-state index >= 15 is 0 Å². The minimum atomic E-state index is -0.977. The third-order valence-electron chi connectivity index (χ3n) is 6.98. The van der Waals surface area contributed by atoms with Crippen LogP contribution < -0.4 is 19.5 Å². The largest absolute Gasteiger partial charge is 0.493 e. The summed E-state index contributed by atoms with van der Waals surface area (Å²) in [4.78, 5) is 37.7. The number of amides is 2. The SMILES string of the molecule is COc1cc([C@H](C(=O)NC2CCCCC2)N(C[C@H]2CCCO2)C(=O)c2cnccn2)cc(OC)c1OC. The molecule has 2 aromatic rings. The van der Waals surface area contributed by atoms with Crippen molar-refractivity contribution in [1.82, 2.24) is 20.2 Å². The Hall–Kier alpha value is -3.40. The summed E-state index contributed by atoms with van der Waals surface area (Å²) >= 11 is 0. The molecule has 37 heavy (non-hydrogen) atoms. The summed E-state index contributed by atoms with van der Waals surface area (Å²) in [6, 6.07) is 2.52. The van der Waals surface area contributed by atoms with E-state index in [0.717, 1.165) is 38.5 Å². The molecule has 0 bridgehead atoms. The highest BCUT2D eigenvalue weighted by molar-refractivity contribution is 5.96. The van der Waals surface area contributed by atoms with Crippen molar-refractivity contribution in [1.29, 1.82) is 0 Å². The molecular weight excluding hydrogens is 476 g/mol. The third kappa shape index (κ3) is 6.30. The number of aromatic nitrogens is 2. The average Bonchev–Trinajstić information content (AvgIpc) is 3.46. The van der Waals surface area contributed by atoms with Gasteiger partial charge >= 0.3 is 0 Å². The van der Waals surface area contributed by atoms with Gasteiger partial charge in [0.1, 0.15) is 11.7 Å². The van der Waals surface area contributed by atoms with Crippen LogP contribution in [0.1, 0.15) is 67.0 Å². The highest BCUT2D eigenvalue weighted by Crippen LogP contribution is 2.41. The van der Waals surface area contributed by atoms with Crippen molar-refractivity contribution >= 4 is 11.8 Å². The van der Waals surface area contributed by atoms with Crippen molar-refractivity contribution in [2.75, 3.05) is 34.5 Å². The van der Waals surface area contributed by atoms with E-state index in [2.05, 4.69) is 15.3 Å². The van der Waals surface area contributed by atoms with Crippen LogP contribution in [0.25, 0.3) is 0 Å². The first-order valence-corrected chi connectivity index (χ1v) is 12.8. The molecule has 2 amide bonds. The Labute approximate surface area is 217 Å². The number of carbonyl (C=O) groups excluding carboxylic acids is 2. The Balaban J connectivity index is 1.79. The van der Waals surface area contributed by atoms with E-state index in [1.165, 1.54) is 46.3 Å². The van der Waals surface area contributed by atoms with E-state index in [1.807, 2.05) is 0 Å². The third-order valence-corrected chi connectivity index (χ3v) is 6.98. The van der Waals surface area contributed by atoms with Crippen LogP contribution in [0.2, 0.25) is 0 Å². The highest BCUT2D eigenvalue weighted by atomic mass is 16.5. The lowest BCUT2D eigenvalue weighted by Crippen LogP contribution is -2.49. The maximum absolute atomic E-state index is 14.0. The van der Waals surface area contributed by atoms with Crippen LogP contribution in [-0.2, 0) is 9.53 Å². The van der Waals surface area contributed by atoms with Crippen molar-refractivity contribution in [3.8, 4) is 17.2 Å². The second-order valence-electron chi connectivity index (χ2n) is 9.39. The Morgan fingerprint density at radius 2 is 1.76 bits per heavy atom. The topological polar surface area (TPSA) is 112 Å². The number of nitrogens with one attached hydrogen (secondary N) is 1. The van der Waals surface area contributed by atoms with Gasteiger partial charge in [0.2, 0.25) is 11.7 Å². The molecule has 1 aromatic heterocycles. The Kier molecular flexibility index (Phi) is 9.16. The van der Waals surface area contributed by atoms with Crippen molar-refractivity contribution in [2.45, 2.75) is 63.1 Å². The molecule has 0 unspecified atom stereocenters. The fourth-order valence-electron chi connectivity index (χ4n) is 5.13. The van der Waals surface area contributed by atoms with Gasteiger partial charge in [0, 0.05) is 31.6 Å². The van der Waals surface area contributed by atoms with Crippen LogP contribution in [0.15, 0.2) is 30.7 Å². The van der Waals surface area contributed by atoms with Crippen LogP contribution in [0, 0.1) is 0 Å². The zero-order chi connectivity index (χ0) is 26.2. The summed E-state index contributed by atoms with van der Waals surface area (Å²) < 4.78 is 22.5. The zero-order valence-electron chi connectivity index (χ0n) is 21.8. The molecule has 2 fully saturated rings. The van der Waals surface area contributed by atoms with Gasteiger partial charge in [-0.05, 0) is 43.4 Å².